The molecule has 1 aliphatic heterocycles. The minimum atomic E-state index is -3.67. The van der Waals surface area contributed by atoms with Crippen molar-refractivity contribution in [3.63, 3.8) is 0 Å². The van der Waals surface area contributed by atoms with Gasteiger partial charge in [0.1, 0.15) is 0 Å². The van der Waals surface area contributed by atoms with Crippen molar-refractivity contribution >= 4 is 43.0 Å². The van der Waals surface area contributed by atoms with E-state index in [0.717, 1.165) is 25.5 Å². The average Bonchev–Trinajstić information content (AvgIpc) is 3.51. The van der Waals surface area contributed by atoms with Crippen molar-refractivity contribution in [2.24, 2.45) is 7.05 Å². The minimum Gasteiger partial charge on any atom is -0.339 e. The van der Waals surface area contributed by atoms with Crippen LogP contribution in [0.4, 0.5) is 0 Å². The third-order valence-corrected chi connectivity index (χ3v) is 9.36. The normalized spacial score (nSPS) is 19.7. The van der Waals surface area contributed by atoms with Crippen LogP contribution in [0, 0.1) is 0 Å². The van der Waals surface area contributed by atoms with E-state index in [-0.39, 0.29) is 17.0 Å². The lowest BCUT2D eigenvalue weighted by Crippen LogP contribution is -2.36. The monoisotopic (exact) mass is 486 g/mol. The van der Waals surface area contributed by atoms with Gasteiger partial charge in [-0.3, -0.25) is 0 Å². The van der Waals surface area contributed by atoms with E-state index >= 15 is 0 Å². The lowest BCUT2D eigenvalue weighted by atomic mass is 9.94. The molecule has 2 atom stereocenters. The molecule has 4 aromatic rings. The first-order valence-corrected chi connectivity index (χ1v) is 13.0. The van der Waals surface area contributed by atoms with Gasteiger partial charge in [-0.05, 0) is 11.6 Å². The number of hydrogen-bond acceptors (Lipinski definition) is 5. The maximum absolute atomic E-state index is 13.2. The average molecular weight is 487 g/mol. The van der Waals surface area contributed by atoms with Crippen LogP contribution in [0.2, 0.25) is 5.02 Å². The summed E-state index contributed by atoms with van der Waals surface area (Å²) in [5.41, 5.74) is 1.12. The topological polar surface area (TPSA) is 67.2 Å². The first-order valence-electron chi connectivity index (χ1n) is 10.4. The highest BCUT2D eigenvalue weighted by molar-refractivity contribution is 7.89. The van der Waals surface area contributed by atoms with Crippen LogP contribution in [0.3, 0.4) is 0 Å². The molecule has 0 unspecified atom stereocenters. The predicted molar refractivity (Wildman–Crippen MR) is 129 cm³/mol. The summed E-state index contributed by atoms with van der Waals surface area (Å²) in [5, 5.41) is 5.51. The number of hydrogen-bond donors (Lipinski definition) is 1. The van der Waals surface area contributed by atoms with E-state index in [9.17, 15) is 8.42 Å². The van der Waals surface area contributed by atoms with Gasteiger partial charge in [-0.2, -0.15) is 4.31 Å². The summed E-state index contributed by atoms with van der Waals surface area (Å²) in [6, 6.07) is 18.1. The zero-order valence-corrected chi connectivity index (χ0v) is 19.9. The lowest BCUT2D eigenvalue weighted by molar-refractivity contribution is 0.454. The highest BCUT2D eigenvalue weighted by Crippen LogP contribution is 2.36. The molecule has 0 spiro atoms. The number of imidazole rings is 1. The Bertz CT molecular complexity index is 1350. The number of aromatic nitrogens is 2. The van der Waals surface area contributed by atoms with Crippen LogP contribution in [0.5, 0.6) is 0 Å². The van der Waals surface area contributed by atoms with Crippen molar-refractivity contribution in [3.8, 4) is 0 Å². The van der Waals surface area contributed by atoms with Crippen molar-refractivity contribution in [3.05, 3.63) is 82.6 Å². The van der Waals surface area contributed by atoms with Gasteiger partial charge in [0, 0.05) is 59.8 Å². The molecular formula is C23H23ClN4O2S2. The Morgan fingerprint density at radius 2 is 1.88 bits per heavy atom. The van der Waals surface area contributed by atoms with Gasteiger partial charge in [-0.15, -0.1) is 11.3 Å². The SMILES string of the molecule is Cn1cnc(S(=O)(=O)N2C[C@H](NCc3sc4ccccc4c3Cl)[C@@H](c3ccccc3)C2)c1. The molecule has 5 rings (SSSR count). The molecule has 2 aromatic heterocycles. The maximum Gasteiger partial charge on any atom is 0.262 e. The molecule has 0 radical (unpaired) electrons. The fourth-order valence-electron chi connectivity index (χ4n) is 4.27. The summed E-state index contributed by atoms with van der Waals surface area (Å²) < 4.78 is 30.8. The molecule has 0 amide bonds. The van der Waals surface area contributed by atoms with Gasteiger partial charge in [-0.25, -0.2) is 13.4 Å². The van der Waals surface area contributed by atoms with Crippen LogP contribution in [-0.2, 0) is 23.6 Å². The van der Waals surface area contributed by atoms with Crippen molar-refractivity contribution < 1.29 is 8.42 Å². The van der Waals surface area contributed by atoms with E-state index in [1.54, 1.807) is 29.1 Å². The molecule has 166 valence electrons. The van der Waals surface area contributed by atoms with Gasteiger partial charge >= 0.3 is 0 Å². The van der Waals surface area contributed by atoms with Crippen LogP contribution in [0.25, 0.3) is 10.1 Å². The second-order valence-corrected chi connectivity index (χ2v) is 11.4. The van der Waals surface area contributed by atoms with Gasteiger partial charge in [-0.1, -0.05) is 60.1 Å². The number of aryl methyl sites for hydroxylation is 1. The Kier molecular flexibility index (Phi) is 5.81. The molecule has 1 fully saturated rings. The van der Waals surface area contributed by atoms with Crippen molar-refractivity contribution in [1.82, 2.24) is 19.2 Å². The molecule has 2 aromatic carbocycles. The van der Waals surface area contributed by atoms with Crippen LogP contribution in [0.1, 0.15) is 16.4 Å². The highest BCUT2D eigenvalue weighted by Gasteiger charge is 2.40. The number of nitrogens with one attached hydrogen (secondary N) is 1. The molecule has 6 nitrogen and oxygen atoms in total. The number of sulfonamides is 1. The molecule has 1 N–H and O–H groups in total. The Labute approximate surface area is 196 Å². The summed E-state index contributed by atoms with van der Waals surface area (Å²) in [6.07, 6.45) is 3.06. The van der Waals surface area contributed by atoms with E-state index in [2.05, 4.69) is 28.5 Å². The molecule has 9 heteroatoms. The molecule has 1 saturated heterocycles. The fourth-order valence-corrected chi connectivity index (χ4v) is 7.17. The van der Waals surface area contributed by atoms with Gasteiger partial charge in [0.25, 0.3) is 10.0 Å². The van der Waals surface area contributed by atoms with Crippen molar-refractivity contribution in [2.45, 2.75) is 23.5 Å². The van der Waals surface area contributed by atoms with Gasteiger partial charge in [0.05, 0.1) is 11.3 Å². The fraction of sp³-hybridized carbons (Fsp3) is 0.261. The first-order chi connectivity index (χ1) is 15.4. The van der Waals surface area contributed by atoms with Crippen LogP contribution in [0.15, 0.2) is 72.1 Å². The molecule has 0 saturated carbocycles. The third-order valence-electron chi connectivity index (χ3n) is 5.93. The molecule has 3 heterocycles. The van der Waals surface area contributed by atoms with E-state index < -0.39 is 10.0 Å². The largest absolute Gasteiger partial charge is 0.339 e. The van der Waals surface area contributed by atoms with Crippen molar-refractivity contribution in [2.75, 3.05) is 13.1 Å². The van der Waals surface area contributed by atoms with Gasteiger partial charge in [0.2, 0.25) is 0 Å². The van der Waals surface area contributed by atoms with Crippen LogP contribution in [-0.4, -0.2) is 41.4 Å². The van der Waals surface area contributed by atoms with E-state index in [1.165, 1.54) is 10.6 Å². The number of nitrogens with zero attached hydrogens (tertiary/aromatic N) is 3. The maximum atomic E-state index is 13.2. The molecule has 1 aliphatic rings. The molecule has 0 bridgehead atoms. The number of halogens is 1. The summed E-state index contributed by atoms with van der Waals surface area (Å²) in [5.74, 6) is 0.0304. The molecular weight excluding hydrogens is 464 g/mol. The predicted octanol–water partition coefficient (Wildman–Crippen LogP) is 4.23. The Hall–Kier alpha value is -2.23. The standard InChI is InChI=1S/C23H23ClN4O2S2/c1-27-14-22(26-15-27)32(29,30)28-12-18(16-7-3-2-4-8-16)19(13-28)25-11-21-23(24)17-9-5-6-10-20(17)31-21/h2-10,14-15,18-19,25H,11-13H2,1H3/t18-,19+/m1/s1. The molecule has 0 aliphatic carbocycles. The van der Waals surface area contributed by atoms with E-state index in [1.807, 2.05) is 36.4 Å². The summed E-state index contributed by atoms with van der Waals surface area (Å²) in [6.45, 7) is 1.37. The number of rotatable bonds is 6. The molecule has 32 heavy (non-hydrogen) atoms. The van der Waals surface area contributed by atoms with Crippen LogP contribution < -0.4 is 5.32 Å². The summed E-state index contributed by atoms with van der Waals surface area (Å²) in [4.78, 5) is 5.14. The van der Waals surface area contributed by atoms with Gasteiger partial charge < -0.3 is 9.88 Å². The first kappa shape index (κ1) is 21.6. The van der Waals surface area contributed by atoms with Crippen molar-refractivity contribution in [1.29, 1.82) is 0 Å². The van der Waals surface area contributed by atoms with E-state index in [4.69, 9.17) is 11.6 Å². The zero-order valence-electron chi connectivity index (χ0n) is 17.5. The lowest BCUT2D eigenvalue weighted by Gasteiger charge is -2.20. The number of fused-ring (bicyclic) bond motifs is 1. The Morgan fingerprint density at radius 3 is 2.59 bits per heavy atom. The third kappa shape index (κ3) is 3.97. The highest BCUT2D eigenvalue weighted by atomic mass is 35.5. The Balaban J connectivity index is 1.41. The number of benzene rings is 2. The second kappa shape index (κ2) is 8.61. The second-order valence-electron chi connectivity index (χ2n) is 8.04. The summed E-state index contributed by atoms with van der Waals surface area (Å²) >= 11 is 8.30. The van der Waals surface area contributed by atoms with E-state index in [0.29, 0.717) is 19.6 Å². The quantitative estimate of drug-likeness (QED) is 0.442. The van der Waals surface area contributed by atoms with Gasteiger partial charge in [0.15, 0.2) is 5.03 Å². The zero-order chi connectivity index (χ0) is 22.3. The Morgan fingerprint density at radius 1 is 1.12 bits per heavy atom. The smallest absolute Gasteiger partial charge is 0.262 e. The number of thiophene rings is 1. The van der Waals surface area contributed by atoms with Crippen LogP contribution >= 0.6 is 22.9 Å². The summed E-state index contributed by atoms with van der Waals surface area (Å²) in [7, 11) is -1.90. The minimum absolute atomic E-state index is 0.0304.